The lowest BCUT2D eigenvalue weighted by Gasteiger charge is -2.37. The molecule has 14 heavy (non-hydrogen) atoms. The Morgan fingerprint density at radius 1 is 1.21 bits per heavy atom. The Hall–Kier alpha value is 0.137. The third kappa shape index (κ3) is 4.11. The molecule has 0 heterocycles. The molecule has 0 spiro atoms. The highest BCUT2D eigenvalue weighted by Gasteiger charge is 2.37. The van der Waals surface area contributed by atoms with Crippen molar-refractivity contribution in [3.63, 3.8) is 0 Å². The maximum atomic E-state index is 6.03. The lowest BCUT2D eigenvalue weighted by atomic mass is 10.1. The molecular weight excluding hydrogens is 190 g/mol. The van der Waals surface area contributed by atoms with Crippen LogP contribution in [0.4, 0.5) is 0 Å². The fraction of sp³-hybridized carbons (Fsp3) is 1.00. The van der Waals surface area contributed by atoms with Gasteiger partial charge in [0.2, 0.25) is 0 Å². The van der Waals surface area contributed by atoms with Crippen LogP contribution < -0.4 is 5.73 Å². The Morgan fingerprint density at radius 2 is 1.64 bits per heavy atom. The third-order valence-corrected chi connectivity index (χ3v) is 7.80. The highest BCUT2D eigenvalue weighted by Crippen LogP contribution is 2.36. The topological polar surface area (TPSA) is 35.2 Å². The first-order chi connectivity index (χ1) is 6.08. The molecule has 0 radical (unpaired) electrons. The summed E-state index contributed by atoms with van der Waals surface area (Å²) in [6.45, 7) is 16.3. The van der Waals surface area contributed by atoms with Gasteiger partial charge in [-0.05, 0) is 24.1 Å². The predicted octanol–water partition coefficient (Wildman–Crippen LogP) is 2.99. The van der Waals surface area contributed by atoms with E-state index in [2.05, 4.69) is 47.7 Å². The highest BCUT2D eigenvalue weighted by molar-refractivity contribution is 6.74. The zero-order valence-electron chi connectivity index (χ0n) is 10.8. The maximum Gasteiger partial charge on any atom is 0.192 e. The molecule has 2 N–H and O–H groups in total. The van der Waals surface area contributed by atoms with E-state index in [1.54, 1.807) is 0 Å². The molecule has 0 saturated heterocycles. The molecule has 0 aromatic carbocycles. The lowest BCUT2D eigenvalue weighted by molar-refractivity contribution is 0.238. The minimum atomic E-state index is -1.59. The van der Waals surface area contributed by atoms with Gasteiger partial charge in [-0.25, -0.2) is 0 Å². The van der Waals surface area contributed by atoms with Crippen molar-refractivity contribution < 1.29 is 4.43 Å². The van der Waals surface area contributed by atoms with Crippen LogP contribution in [0.15, 0.2) is 0 Å². The Balaban J connectivity index is 4.13. The van der Waals surface area contributed by atoms with Gasteiger partial charge in [0, 0.05) is 12.6 Å². The zero-order valence-corrected chi connectivity index (χ0v) is 11.8. The first-order valence-electron chi connectivity index (χ1n) is 5.47. The molecule has 3 heteroatoms. The average molecular weight is 217 g/mol. The molecule has 0 saturated carbocycles. The minimum absolute atomic E-state index is 0.170. The molecule has 0 amide bonds. The van der Waals surface area contributed by atoms with E-state index in [0.29, 0.717) is 12.5 Å². The Labute approximate surface area is 90.3 Å². The van der Waals surface area contributed by atoms with E-state index in [1.165, 1.54) is 0 Å². The van der Waals surface area contributed by atoms with Crippen molar-refractivity contribution in [1.82, 2.24) is 0 Å². The Bertz CT molecular complexity index is 173. The Morgan fingerprint density at radius 3 is 1.93 bits per heavy atom. The van der Waals surface area contributed by atoms with Crippen molar-refractivity contribution in [3.8, 4) is 0 Å². The molecule has 1 unspecified atom stereocenters. The first kappa shape index (κ1) is 14.1. The minimum Gasteiger partial charge on any atom is -0.415 e. The van der Waals surface area contributed by atoms with Gasteiger partial charge in [-0.2, -0.15) is 0 Å². The summed E-state index contributed by atoms with van der Waals surface area (Å²) in [4.78, 5) is 0. The van der Waals surface area contributed by atoms with Crippen LogP contribution in [0, 0.1) is 5.92 Å². The quantitative estimate of drug-likeness (QED) is 0.735. The van der Waals surface area contributed by atoms with E-state index in [4.69, 9.17) is 10.2 Å². The largest absolute Gasteiger partial charge is 0.415 e. The van der Waals surface area contributed by atoms with Crippen molar-refractivity contribution in [2.24, 2.45) is 11.7 Å². The van der Waals surface area contributed by atoms with Gasteiger partial charge in [0.15, 0.2) is 8.32 Å². The second kappa shape index (κ2) is 4.77. The fourth-order valence-corrected chi connectivity index (χ4v) is 1.76. The molecule has 0 aromatic rings. The van der Waals surface area contributed by atoms with Crippen LogP contribution >= 0.6 is 0 Å². The smallest absolute Gasteiger partial charge is 0.192 e. The van der Waals surface area contributed by atoms with Crippen LogP contribution in [0.1, 0.15) is 34.6 Å². The molecule has 0 aliphatic heterocycles. The molecule has 0 fully saturated rings. The Kier molecular flexibility index (Phi) is 4.82. The number of hydrogen-bond acceptors (Lipinski definition) is 2. The van der Waals surface area contributed by atoms with Crippen molar-refractivity contribution in [1.29, 1.82) is 0 Å². The van der Waals surface area contributed by atoms with Gasteiger partial charge < -0.3 is 10.2 Å². The number of rotatable bonds is 4. The molecular formula is C11H27NOSi. The van der Waals surface area contributed by atoms with E-state index in [1.807, 2.05) is 0 Å². The molecule has 0 bridgehead atoms. The monoisotopic (exact) mass is 217 g/mol. The van der Waals surface area contributed by atoms with Gasteiger partial charge in [-0.3, -0.25) is 0 Å². The van der Waals surface area contributed by atoms with Gasteiger partial charge >= 0.3 is 0 Å². The summed E-state index contributed by atoms with van der Waals surface area (Å²) in [5.74, 6) is 0.500. The molecule has 0 aliphatic rings. The van der Waals surface area contributed by atoms with Crippen LogP contribution in [0.3, 0.4) is 0 Å². The summed E-state index contributed by atoms with van der Waals surface area (Å²) >= 11 is 0. The van der Waals surface area contributed by atoms with Gasteiger partial charge in [-0.15, -0.1) is 0 Å². The first-order valence-corrected chi connectivity index (χ1v) is 8.38. The molecule has 2 nitrogen and oxygen atoms in total. The highest BCUT2D eigenvalue weighted by atomic mass is 28.4. The van der Waals surface area contributed by atoms with Gasteiger partial charge in [-0.1, -0.05) is 34.6 Å². The van der Waals surface area contributed by atoms with E-state index >= 15 is 0 Å². The predicted molar refractivity (Wildman–Crippen MR) is 66.0 cm³/mol. The van der Waals surface area contributed by atoms with Crippen LogP contribution in [-0.2, 0) is 4.43 Å². The lowest BCUT2D eigenvalue weighted by Crippen LogP contribution is -2.45. The summed E-state index contributed by atoms with van der Waals surface area (Å²) in [7, 11) is -1.59. The van der Waals surface area contributed by atoms with Crippen LogP contribution in [-0.4, -0.2) is 21.0 Å². The van der Waals surface area contributed by atoms with Crippen LogP contribution in [0.2, 0.25) is 18.1 Å². The van der Waals surface area contributed by atoms with Gasteiger partial charge in [0.1, 0.15) is 0 Å². The molecule has 0 aliphatic carbocycles. The van der Waals surface area contributed by atoms with Crippen molar-refractivity contribution in [2.45, 2.75) is 58.8 Å². The van der Waals surface area contributed by atoms with Crippen molar-refractivity contribution in [2.75, 3.05) is 6.61 Å². The molecule has 0 aromatic heterocycles. The van der Waals surface area contributed by atoms with E-state index in [0.717, 1.165) is 0 Å². The average Bonchev–Trinajstić information content (AvgIpc) is 1.97. The second-order valence-corrected chi connectivity index (χ2v) is 10.8. The summed E-state index contributed by atoms with van der Waals surface area (Å²) in [5.41, 5.74) is 5.96. The number of nitrogens with two attached hydrogens (primary N) is 1. The normalized spacial score (nSPS) is 16.1. The van der Waals surface area contributed by atoms with Crippen molar-refractivity contribution in [3.05, 3.63) is 0 Å². The second-order valence-electron chi connectivity index (χ2n) is 5.98. The third-order valence-electron chi connectivity index (χ3n) is 3.30. The van der Waals surface area contributed by atoms with Gasteiger partial charge in [0.25, 0.3) is 0 Å². The zero-order chi connectivity index (χ0) is 11.6. The summed E-state index contributed by atoms with van der Waals surface area (Å²) < 4.78 is 6.03. The molecule has 1 atom stereocenters. The van der Waals surface area contributed by atoms with E-state index in [-0.39, 0.29) is 11.1 Å². The van der Waals surface area contributed by atoms with Crippen LogP contribution in [0.25, 0.3) is 0 Å². The van der Waals surface area contributed by atoms with Gasteiger partial charge in [0.05, 0.1) is 0 Å². The van der Waals surface area contributed by atoms with Crippen molar-refractivity contribution >= 4 is 8.32 Å². The fourth-order valence-electron chi connectivity index (χ4n) is 0.714. The standard InChI is InChI=1S/C11H27NOSi/c1-9(2)10(12)8-13-14(6,7)11(3,4)5/h9-10H,8,12H2,1-7H3. The number of hydrogen-bond donors (Lipinski definition) is 1. The summed E-state index contributed by atoms with van der Waals surface area (Å²) in [5, 5.41) is 0.281. The summed E-state index contributed by atoms with van der Waals surface area (Å²) in [6.07, 6.45) is 0. The van der Waals surface area contributed by atoms with E-state index < -0.39 is 8.32 Å². The molecule has 86 valence electrons. The molecule has 0 rings (SSSR count). The van der Waals surface area contributed by atoms with Crippen LogP contribution in [0.5, 0.6) is 0 Å². The van der Waals surface area contributed by atoms with E-state index in [9.17, 15) is 0 Å². The summed E-state index contributed by atoms with van der Waals surface area (Å²) in [6, 6.07) is 0.170. The SMILES string of the molecule is CC(C)C(N)CO[Si](C)(C)C(C)(C)C. The maximum absolute atomic E-state index is 6.03.